The van der Waals surface area contributed by atoms with E-state index < -0.39 is 6.04 Å². The van der Waals surface area contributed by atoms with E-state index in [-0.39, 0.29) is 30.9 Å². The number of hydrogen-bond donors (Lipinski definition) is 1. The third-order valence-electron chi connectivity index (χ3n) is 3.68. The minimum Gasteiger partial charge on any atom is -0.482 e. The molecule has 124 valence electrons. The number of nitrogens with one attached hydrogen (secondary N) is 1. The molecule has 8 heteroatoms. The van der Waals surface area contributed by atoms with E-state index in [4.69, 9.17) is 4.74 Å². The van der Waals surface area contributed by atoms with Crippen molar-refractivity contribution in [3.63, 3.8) is 0 Å². The van der Waals surface area contributed by atoms with Crippen molar-refractivity contribution in [1.29, 1.82) is 0 Å². The lowest BCUT2D eigenvalue weighted by Gasteiger charge is -2.39. The highest BCUT2D eigenvalue weighted by Gasteiger charge is 2.35. The molecule has 0 radical (unpaired) electrons. The predicted octanol–water partition coefficient (Wildman–Crippen LogP) is -0.734. The van der Waals surface area contributed by atoms with Gasteiger partial charge in [0.25, 0.3) is 5.91 Å². The molecule has 0 saturated carbocycles. The van der Waals surface area contributed by atoms with Gasteiger partial charge in [-0.25, -0.2) is 0 Å². The second kappa shape index (κ2) is 7.57. The van der Waals surface area contributed by atoms with E-state index in [0.717, 1.165) is 0 Å². The van der Waals surface area contributed by atoms with E-state index in [0.29, 0.717) is 18.8 Å². The lowest BCUT2D eigenvalue weighted by Crippen LogP contribution is -2.61. The van der Waals surface area contributed by atoms with Crippen molar-refractivity contribution in [1.82, 2.24) is 20.1 Å². The molecule has 0 aliphatic carbocycles. The van der Waals surface area contributed by atoms with Crippen LogP contribution >= 0.6 is 0 Å². The number of carbonyl (C=O) groups is 3. The average molecular weight is 320 g/mol. The Morgan fingerprint density at radius 1 is 1.39 bits per heavy atom. The quantitative estimate of drug-likeness (QED) is 0.789. The van der Waals surface area contributed by atoms with Crippen molar-refractivity contribution < 1.29 is 19.1 Å². The maximum Gasteiger partial charge on any atom is 0.260 e. The third kappa shape index (κ3) is 4.18. The largest absolute Gasteiger partial charge is 0.482 e. The van der Waals surface area contributed by atoms with Gasteiger partial charge in [-0.3, -0.25) is 19.4 Å². The fraction of sp³-hybridized carbons (Fsp3) is 0.467. The van der Waals surface area contributed by atoms with Gasteiger partial charge >= 0.3 is 0 Å². The van der Waals surface area contributed by atoms with Gasteiger partial charge in [-0.15, -0.1) is 0 Å². The summed E-state index contributed by atoms with van der Waals surface area (Å²) in [6, 6.07) is 2.75. The summed E-state index contributed by atoms with van der Waals surface area (Å²) in [4.78, 5) is 42.7. The van der Waals surface area contributed by atoms with Gasteiger partial charge in [0.1, 0.15) is 11.8 Å². The number of likely N-dealkylation sites (N-methyl/N-ethyl adjacent to an activating group) is 1. The average Bonchev–Trinajstić information content (AvgIpc) is 2.59. The zero-order valence-corrected chi connectivity index (χ0v) is 13.2. The molecule has 1 fully saturated rings. The number of pyridine rings is 1. The SMILES string of the molecule is CNC(=O)[C@@H]1CN(C(=O)COc2cccnc2)CCN1C(C)=O. The highest BCUT2D eigenvalue weighted by Crippen LogP contribution is 2.12. The molecule has 2 rings (SSSR count). The minimum atomic E-state index is -0.673. The van der Waals surface area contributed by atoms with Crippen LogP contribution in [0.1, 0.15) is 6.92 Å². The number of piperazine rings is 1. The number of rotatable bonds is 4. The Morgan fingerprint density at radius 2 is 2.17 bits per heavy atom. The highest BCUT2D eigenvalue weighted by molar-refractivity contribution is 5.88. The summed E-state index contributed by atoms with van der Waals surface area (Å²) < 4.78 is 5.38. The van der Waals surface area contributed by atoms with Crippen molar-refractivity contribution in [2.75, 3.05) is 33.3 Å². The van der Waals surface area contributed by atoms with Gasteiger partial charge in [0.05, 0.1) is 12.7 Å². The number of ether oxygens (including phenoxy) is 1. The number of hydrogen-bond acceptors (Lipinski definition) is 5. The van der Waals surface area contributed by atoms with Crippen LogP contribution in [0, 0.1) is 0 Å². The van der Waals surface area contributed by atoms with Crippen LogP contribution in [-0.4, -0.2) is 71.8 Å². The molecule has 1 aliphatic heterocycles. The normalized spacial score (nSPS) is 17.6. The lowest BCUT2D eigenvalue weighted by atomic mass is 10.1. The lowest BCUT2D eigenvalue weighted by molar-refractivity contribution is -0.147. The molecule has 3 amide bonds. The van der Waals surface area contributed by atoms with Crippen molar-refractivity contribution >= 4 is 17.7 Å². The standard InChI is InChI=1S/C15H20N4O4/c1-11(20)19-7-6-18(9-13(19)15(22)16-2)14(21)10-23-12-4-3-5-17-8-12/h3-5,8,13H,6-7,9-10H2,1-2H3,(H,16,22)/t13-/m0/s1. The molecule has 0 unspecified atom stereocenters. The molecule has 0 spiro atoms. The molecule has 1 aromatic heterocycles. The summed E-state index contributed by atoms with van der Waals surface area (Å²) >= 11 is 0. The van der Waals surface area contributed by atoms with Crippen molar-refractivity contribution in [2.24, 2.45) is 0 Å². The van der Waals surface area contributed by atoms with Gasteiger partial charge in [0.2, 0.25) is 11.8 Å². The van der Waals surface area contributed by atoms with Gasteiger partial charge < -0.3 is 19.9 Å². The first kappa shape index (κ1) is 16.7. The van der Waals surface area contributed by atoms with E-state index in [1.165, 1.54) is 30.0 Å². The first-order valence-electron chi connectivity index (χ1n) is 7.32. The number of nitrogens with zero attached hydrogens (tertiary/aromatic N) is 3. The Kier molecular flexibility index (Phi) is 5.51. The summed E-state index contributed by atoms with van der Waals surface area (Å²) in [5.41, 5.74) is 0. The third-order valence-corrected chi connectivity index (χ3v) is 3.68. The molecule has 0 bridgehead atoms. The Balaban J connectivity index is 1.96. The summed E-state index contributed by atoms with van der Waals surface area (Å²) in [5.74, 6) is -0.194. The van der Waals surface area contributed by atoms with Crippen LogP contribution in [-0.2, 0) is 14.4 Å². The van der Waals surface area contributed by atoms with Crippen molar-refractivity contribution in [2.45, 2.75) is 13.0 Å². The predicted molar refractivity (Wildman–Crippen MR) is 81.6 cm³/mol. The van der Waals surface area contributed by atoms with E-state index >= 15 is 0 Å². The first-order chi connectivity index (χ1) is 11.0. The molecule has 0 aromatic carbocycles. The Bertz CT molecular complexity index is 578. The Hall–Kier alpha value is -2.64. The van der Waals surface area contributed by atoms with Crippen LogP contribution in [0.3, 0.4) is 0 Å². The maximum absolute atomic E-state index is 12.2. The van der Waals surface area contributed by atoms with Crippen LogP contribution in [0.4, 0.5) is 0 Å². The van der Waals surface area contributed by atoms with Crippen LogP contribution in [0.25, 0.3) is 0 Å². The van der Waals surface area contributed by atoms with E-state index in [1.807, 2.05) is 0 Å². The topological polar surface area (TPSA) is 91.8 Å². The van der Waals surface area contributed by atoms with Crippen molar-refractivity contribution in [3.8, 4) is 5.75 Å². The summed E-state index contributed by atoms with van der Waals surface area (Å²) in [6.45, 7) is 2.15. The Labute approximate surface area is 134 Å². The van der Waals surface area contributed by atoms with E-state index in [1.54, 1.807) is 18.3 Å². The van der Waals surface area contributed by atoms with Gasteiger partial charge in [-0.2, -0.15) is 0 Å². The van der Waals surface area contributed by atoms with E-state index in [2.05, 4.69) is 10.3 Å². The molecule has 1 N–H and O–H groups in total. The van der Waals surface area contributed by atoms with Crippen LogP contribution < -0.4 is 10.1 Å². The molecule has 1 atom stereocenters. The van der Waals surface area contributed by atoms with Gasteiger partial charge in [-0.05, 0) is 12.1 Å². The molecular formula is C15H20N4O4. The molecule has 2 heterocycles. The monoisotopic (exact) mass is 320 g/mol. The van der Waals surface area contributed by atoms with Crippen molar-refractivity contribution in [3.05, 3.63) is 24.5 Å². The van der Waals surface area contributed by atoms with Crippen LogP contribution in [0.5, 0.6) is 5.75 Å². The summed E-state index contributed by atoms with van der Waals surface area (Å²) in [7, 11) is 1.51. The maximum atomic E-state index is 12.2. The van der Waals surface area contributed by atoms with Gasteiger partial charge in [0.15, 0.2) is 6.61 Å². The fourth-order valence-electron chi connectivity index (χ4n) is 2.45. The zero-order chi connectivity index (χ0) is 16.8. The molecule has 8 nitrogen and oxygen atoms in total. The summed E-state index contributed by atoms with van der Waals surface area (Å²) in [6.07, 6.45) is 3.14. The van der Waals surface area contributed by atoms with Crippen LogP contribution in [0.2, 0.25) is 0 Å². The van der Waals surface area contributed by atoms with Gasteiger partial charge in [-0.1, -0.05) is 0 Å². The highest BCUT2D eigenvalue weighted by atomic mass is 16.5. The Morgan fingerprint density at radius 3 is 2.78 bits per heavy atom. The molecule has 1 saturated heterocycles. The number of amides is 3. The first-order valence-corrected chi connectivity index (χ1v) is 7.32. The van der Waals surface area contributed by atoms with E-state index in [9.17, 15) is 14.4 Å². The molecule has 1 aromatic rings. The van der Waals surface area contributed by atoms with Gasteiger partial charge in [0, 0.05) is 33.3 Å². The second-order valence-corrected chi connectivity index (χ2v) is 5.16. The minimum absolute atomic E-state index is 0.133. The molecule has 23 heavy (non-hydrogen) atoms. The second-order valence-electron chi connectivity index (χ2n) is 5.16. The number of aromatic nitrogens is 1. The molecular weight excluding hydrogens is 300 g/mol. The summed E-state index contributed by atoms with van der Waals surface area (Å²) in [5, 5.41) is 2.53. The smallest absolute Gasteiger partial charge is 0.260 e. The molecule has 1 aliphatic rings. The number of carbonyl (C=O) groups excluding carboxylic acids is 3. The fourth-order valence-corrected chi connectivity index (χ4v) is 2.45. The zero-order valence-electron chi connectivity index (χ0n) is 13.2. The van der Waals surface area contributed by atoms with Crippen LogP contribution in [0.15, 0.2) is 24.5 Å².